The molecule has 2 aromatic rings. The van der Waals surface area contributed by atoms with Crippen LogP contribution in [-0.4, -0.2) is 14.9 Å². The van der Waals surface area contributed by atoms with Crippen molar-refractivity contribution in [3.8, 4) is 0 Å². The zero-order valence-electron chi connectivity index (χ0n) is 11.2. The van der Waals surface area contributed by atoms with Crippen LogP contribution in [0.1, 0.15) is 41.7 Å². The highest BCUT2D eigenvalue weighted by Crippen LogP contribution is 2.25. The Labute approximate surface area is 108 Å². The van der Waals surface area contributed by atoms with Gasteiger partial charge in [-0.15, -0.1) is 0 Å². The van der Waals surface area contributed by atoms with E-state index in [1.54, 1.807) is 6.20 Å². The first-order valence-corrected chi connectivity index (χ1v) is 6.40. The standard InChI is InChI=1S/C15H20N2O/c1-4-8-17-10-13(9-16-17)15(18)14-7-5-6-11(2)12(14)3/h5-7,9-10,15,18H,4,8H2,1-3H3. The summed E-state index contributed by atoms with van der Waals surface area (Å²) in [6.45, 7) is 7.11. The van der Waals surface area contributed by atoms with E-state index in [1.165, 1.54) is 5.56 Å². The molecule has 1 aromatic carbocycles. The zero-order valence-corrected chi connectivity index (χ0v) is 11.2. The average Bonchev–Trinajstić information content (AvgIpc) is 2.81. The first-order valence-electron chi connectivity index (χ1n) is 6.40. The molecule has 3 heteroatoms. The summed E-state index contributed by atoms with van der Waals surface area (Å²) in [4.78, 5) is 0. The van der Waals surface area contributed by atoms with Crippen molar-refractivity contribution in [3.05, 3.63) is 52.8 Å². The largest absolute Gasteiger partial charge is 0.384 e. The molecule has 0 radical (unpaired) electrons. The Hall–Kier alpha value is -1.61. The molecule has 0 aliphatic rings. The van der Waals surface area contributed by atoms with Gasteiger partial charge in [-0.3, -0.25) is 4.68 Å². The van der Waals surface area contributed by atoms with E-state index in [0.717, 1.165) is 29.7 Å². The fourth-order valence-corrected chi connectivity index (χ4v) is 2.12. The summed E-state index contributed by atoms with van der Waals surface area (Å²) < 4.78 is 1.88. The van der Waals surface area contributed by atoms with E-state index < -0.39 is 6.10 Å². The molecule has 18 heavy (non-hydrogen) atoms. The van der Waals surface area contributed by atoms with Crippen molar-refractivity contribution in [3.63, 3.8) is 0 Å². The Kier molecular flexibility index (Phi) is 3.82. The van der Waals surface area contributed by atoms with E-state index in [4.69, 9.17) is 0 Å². The molecule has 0 saturated carbocycles. The number of nitrogens with zero attached hydrogens (tertiary/aromatic N) is 2. The lowest BCUT2D eigenvalue weighted by atomic mass is 9.96. The van der Waals surface area contributed by atoms with Gasteiger partial charge in [0, 0.05) is 18.3 Å². The van der Waals surface area contributed by atoms with Crippen molar-refractivity contribution in [1.29, 1.82) is 0 Å². The summed E-state index contributed by atoms with van der Waals surface area (Å²) in [5.74, 6) is 0. The van der Waals surface area contributed by atoms with Crippen LogP contribution >= 0.6 is 0 Å². The molecule has 0 aliphatic carbocycles. The second-order valence-electron chi connectivity index (χ2n) is 4.73. The topological polar surface area (TPSA) is 38.0 Å². The van der Waals surface area contributed by atoms with Gasteiger partial charge in [0.15, 0.2) is 0 Å². The summed E-state index contributed by atoms with van der Waals surface area (Å²) in [6, 6.07) is 6.02. The number of aliphatic hydroxyl groups excluding tert-OH is 1. The molecule has 0 saturated heterocycles. The number of aromatic nitrogens is 2. The van der Waals surface area contributed by atoms with Crippen molar-refractivity contribution in [1.82, 2.24) is 9.78 Å². The quantitative estimate of drug-likeness (QED) is 0.897. The Morgan fingerprint density at radius 2 is 2.11 bits per heavy atom. The lowest BCUT2D eigenvalue weighted by molar-refractivity contribution is 0.219. The number of hydrogen-bond acceptors (Lipinski definition) is 2. The third-order valence-corrected chi connectivity index (χ3v) is 3.36. The molecule has 0 fully saturated rings. The van der Waals surface area contributed by atoms with E-state index in [0.29, 0.717) is 0 Å². The van der Waals surface area contributed by atoms with Gasteiger partial charge in [0.25, 0.3) is 0 Å². The Balaban J connectivity index is 2.29. The third kappa shape index (κ3) is 2.46. The molecule has 96 valence electrons. The van der Waals surface area contributed by atoms with Crippen molar-refractivity contribution in [2.24, 2.45) is 0 Å². The van der Waals surface area contributed by atoms with Crippen LogP contribution in [0, 0.1) is 13.8 Å². The van der Waals surface area contributed by atoms with Crippen molar-refractivity contribution < 1.29 is 5.11 Å². The van der Waals surface area contributed by atoms with E-state index in [1.807, 2.05) is 29.9 Å². The maximum absolute atomic E-state index is 10.4. The predicted octanol–water partition coefficient (Wildman–Crippen LogP) is 2.99. The number of rotatable bonds is 4. The van der Waals surface area contributed by atoms with E-state index in [2.05, 4.69) is 25.0 Å². The SMILES string of the molecule is CCCn1cc(C(O)c2cccc(C)c2C)cn1. The summed E-state index contributed by atoms with van der Waals surface area (Å²) in [5, 5.41) is 14.7. The van der Waals surface area contributed by atoms with E-state index >= 15 is 0 Å². The van der Waals surface area contributed by atoms with E-state index in [-0.39, 0.29) is 0 Å². The lowest BCUT2D eigenvalue weighted by Crippen LogP contribution is -2.02. The highest BCUT2D eigenvalue weighted by Gasteiger charge is 2.15. The molecule has 2 rings (SSSR count). The molecule has 1 aromatic heterocycles. The minimum absolute atomic E-state index is 0.587. The van der Waals surface area contributed by atoms with Crippen LogP contribution in [0.4, 0.5) is 0 Å². The van der Waals surface area contributed by atoms with Crippen LogP contribution < -0.4 is 0 Å². The van der Waals surface area contributed by atoms with Gasteiger partial charge in [-0.05, 0) is 37.0 Å². The fraction of sp³-hybridized carbons (Fsp3) is 0.400. The Morgan fingerprint density at radius 1 is 1.33 bits per heavy atom. The maximum Gasteiger partial charge on any atom is 0.107 e. The maximum atomic E-state index is 10.4. The molecule has 0 amide bonds. The third-order valence-electron chi connectivity index (χ3n) is 3.36. The van der Waals surface area contributed by atoms with Gasteiger partial charge in [0.05, 0.1) is 6.20 Å². The fourth-order valence-electron chi connectivity index (χ4n) is 2.12. The number of benzene rings is 1. The minimum Gasteiger partial charge on any atom is -0.384 e. The van der Waals surface area contributed by atoms with Gasteiger partial charge in [-0.1, -0.05) is 25.1 Å². The van der Waals surface area contributed by atoms with Gasteiger partial charge in [0.2, 0.25) is 0 Å². The molecule has 0 aliphatic heterocycles. The van der Waals surface area contributed by atoms with Crippen LogP contribution in [-0.2, 0) is 6.54 Å². The van der Waals surface area contributed by atoms with Crippen molar-refractivity contribution in [2.45, 2.75) is 39.8 Å². The van der Waals surface area contributed by atoms with Crippen molar-refractivity contribution in [2.75, 3.05) is 0 Å². The lowest BCUT2D eigenvalue weighted by Gasteiger charge is -2.13. The molecule has 1 N–H and O–H groups in total. The summed E-state index contributed by atoms with van der Waals surface area (Å²) >= 11 is 0. The highest BCUT2D eigenvalue weighted by atomic mass is 16.3. The molecule has 1 atom stereocenters. The van der Waals surface area contributed by atoms with Crippen LogP contribution in [0.15, 0.2) is 30.6 Å². The predicted molar refractivity (Wildman–Crippen MR) is 72.5 cm³/mol. The molecule has 1 unspecified atom stereocenters. The van der Waals surface area contributed by atoms with E-state index in [9.17, 15) is 5.11 Å². The van der Waals surface area contributed by atoms with Crippen LogP contribution in [0.25, 0.3) is 0 Å². The smallest absolute Gasteiger partial charge is 0.107 e. The molecule has 0 bridgehead atoms. The van der Waals surface area contributed by atoms with Gasteiger partial charge in [-0.2, -0.15) is 5.10 Å². The Bertz CT molecular complexity index is 531. The average molecular weight is 244 g/mol. The monoisotopic (exact) mass is 244 g/mol. The van der Waals surface area contributed by atoms with Crippen molar-refractivity contribution >= 4 is 0 Å². The number of aryl methyl sites for hydroxylation is 2. The normalized spacial score (nSPS) is 12.7. The minimum atomic E-state index is -0.587. The zero-order chi connectivity index (χ0) is 13.1. The molecular weight excluding hydrogens is 224 g/mol. The second kappa shape index (κ2) is 5.36. The van der Waals surface area contributed by atoms with Gasteiger partial charge < -0.3 is 5.11 Å². The number of aliphatic hydroxyl groups is 1. The summed E-state index contributed by atoms with van der Waals surface area (Å²) in [5.41, 5.74) is 4.17. The summed E-state index contributed by atoms with van der Waals surface area (Å²) in [6.07, 6.45) is 4.13. The number of hydrogen-bond donors (Lipinski definition) is 1. The molecular formula is C15H20N2O. The second-order valence-corrected chi connectivity index (χ2v) is 4.73. The van der Waals surface area contributed by atoms with Gasteiger partial charge in [0.1, 0.15) is 6.10 Å². The molecule has 3 nitrogen and oxygen atoms in total. The molecule has 0 spiro atoms. The highest BCUT2D eigenvalue weighted by molar-refractivity contribution is 5.38. The van der Waals surface area contributed by atoms with Gasteiger partial charge >= 0.3 is 0 Å². The van der Waals surface area contributed by atoms with Crippen LogP contribution in [0.5, 0.6) is 0 Å². The Morgan fingerprint density at radius 3 is 2.83 bits per heavy atom. The first-order chi connectivity index (χ1) is 8.63. The van der Waals surface area contributed by atoms with Crippen LogP contribution in [0.3, 0.4) is 0 Å². The first kappa shape index (κ1) is 12.8. The van der Waals surface area contributed by atoms with Gasteiger partial charge in [-0.25, -0.2) is 0 Å². The summed E-state index contributed by atoms with van der Waals surface area (Å²) in [7, 11) is 0. The molecule has 1 heterocycles. The van der Waals surface area contributed by atoms with Crippen LogP contribution in [0.2, 0.25) is 0 Å².